The first-order chi connectivity index (χ1) is 20.2. The summed E-state index contributed by atoms with van der Waals surface area (Å²) in [7, 11) is 0. The van der Waals surface area contributed by atoms with Gasteiger partial charge >= 0.3 is 0 Å². The van der Waals surface area contributed by atoms with E-state index in [9.17, 15) is 4.79 Å². The Bertz CT molecular complexity index is 1830. The molecule has 204 valence electrons. The molecule has 1 N–H and O–H groups in total. The smallest absolute Gasteiger partial charge is 0.277 e. The molecule has 6 aromatic rings. The minimum atomic E-state index is -0.0267. The fourth-order valence-corrected chi connectivity index (χ4v) is 5.11. The first-order valence-electron chi connectivity index (χ1n) is 13.9. The third-order valence-electron chi connectivity index (χ3n) is 7.23. The molecule has 0 amide bonds. The molecule has 0 saturated carbocycles. The summed E-state index contributed by atoms with van der Waals surface area (Å²) in [6, 6.07) is 28.5. The van der Waals surface area contributed by atoms with Gasteiger partial charge in [-0.15, -0.1) is 10.2 Å². The topological polar surface area (TPSA) is 94.3 Å². The molecule has 3 aromatic heterocycles. The Balaban J connectivity index is 1.32. The molecule has 0 saturated heterocycles. The standard InChI is InChI=1S/C33H31N7O/c1-2-3-15-30-34-29-20-22-39(21-9-12-24-10-5-4-6-11-24)33(41)31(29)40(30)23-25-16-18-26(19-17-25)27-13-7-8-14-28(27)32-35-37-38-36-32/h4-14,16-20,22H,2-3,15,21,23H2,1H3,(H,35,36,37,38)/b12-9+. The molecular weight excluding hydrogens is 510 g/mol. The van der Waals surface area contributed by atoms with Crippen molar-refractivity contribution < 1.29 is 0 Å². The summed E-state index contributed by atoms with van der Waals surface area (Å²) in [5.74, 6) is 1.51. The first-order valence-corrected chi connectivity index (χ1v) is 13.9. The minimum absolute atomic E-state index is 0.0267. The molecule has 8 nitrogen and oxygen atoms in total. The SMILES string of the molecule is CCCCc1nc2ccn(C/C=C/c3ccccc3)c(=O)c2n1Cc1ccc(-c2ccccc2-c2nn[nH]n2)cc1. The Kier molecular flexibility index (Phi) is 7.62. The van der Waals surface area contributed by atoms with Crippen molar-refractivity contribution in [3.8, 4) is 22.5 Å². The molecule has 0 aliphatic carbocycles. The summed E-state index contributed by atoms with van der Waals surface area (Å²) in [4.78, 5) is 18.6. The van der Waals surface area contributed by atoms with E-state index in [-0.39, 0.29) is 5.56 Å². The van der Waals surface area contributed by atoms with Crippen LogP contribution in [0.3, 0.4) is 0 Å². The van der Waals surface area contributed by atoms with Gasteiger partial charge in [-0.25, -0.2) is 4.98 Å². The number of pyridine rings is 1. The van der Waals surface area contributed by atoms with Gasteiger partial charge in [0.05, 0.1) is 5.52 Å². The summed E-state index contributed by atoms with van der Waals surface area (Å²) < 4.78 is 3.86. The number of unbranched alkanes of at least 4 members (excludes halogenated alkanes) is 1. The predicted molar refractivity (Wildman–Crippen MR) is 162 cm³/mol. The zero-order valence-electron chi connectivity index (χ0n) is 22.9. The lowest BCUT2D eigenvalue weighted by molar-refractivity contribution is 0.685. The highest BCUT2D eigenvalue weighted by Crippen LogP contribution is 2.30. The van der Waals surface area contributed by atoms with Crippen LogP contribution in [0.4, 0.5) is 0 Å². The third kappa shape index (κ3) is 5.63. The van der Waals surface area contributed by atoms with E-state index in [4.69, 9.17) is 4.98 Å². The Morgan fingerprint density at radius 1 is 0.902 bits per heavy atom. The summed E-state index contributed by atoms with van der Waals surface area (Å²) in [5, 5.41) is 14.6. The summed E-state index contributed by atoms with van der Waals surface area (Å²) in [6.07, 6.45) is 8.81. The average Bonchev–Trinajstić information content (AvgIpc) is 3.67. The minimum Gasteiger partial charge on any atom is -0.319 e. The third-order valence-corrected chi connectivity index (χ3v) is 7.23. The molecule has 0 radical (unpaired) electrons. The zero-order chi connectivity index (χ0) is 28.0. The lowest BCUT2D eigenvalue weighted by Crippen LogP contribution is -2.21. The van der Waals surface area contributed by atoms with Crippen molar-refractivity contribution in [1.82, 2.24) is 34.7 Å². The van der Waals surface area contributed by atoms with E-state index < -0.39 is 0 Å². The highest BCUT2D eigenvalue weighted by Gasteiger charge is 2.16. The van der Waals surface area contributed by atoms with Gasteiger partial charge in [0, 0.05) is 31.3 Å². The number of hydrogen-bond donors (Lipinski definition) is 1. The Morgan fingerprint density at radius 3 is 2.44 bits per heavy atom. The summed E-state index contributed by atoms with van der Waals surface area (Å²) in [5.41, 5.74) is 6.58. The molecule has 0 bridgehead atoms. The number of allylic oxidation sites excluding steroid dienone is 1. The molecule has 0 aliphatic heterocycles. The van der Waals surface area contributed by atoms with Gasteiger partial charge in [-0.2, -0.15) is 5.21 Å². The Morgan fingerprint density at radius 2 is 1.68 bits per heavy atom. The normalized spacial score (nSPS) is 11.5. The van der Waals surface area contributed by atoms with Gasteiger partial charge in [0.15, 0.2) is 0 Å². The van der Waals surface area contributed by atoms with Gasteiger partial charge in [-0.05, 0) is 40.0 Å². The van der Waals surface area contributed by atoms with Crippen LogP contribution in [-0.2, 0) is 19.5 Å². The largest absolute Gasteiger partial charge is 0.319 e. The number of aromatic amines is 1. The van der Waals surface area contributed by atoms with Gasteiger partial charge in [-0.1, -0.05) is 104 Å². The monoisotopic (exact) mass is 541 g/mol. The maximum absolute atomic E-state index is 13.7. The Hall–Kier alpha value is -5.11. The highest BCUT2D eigenvalue weighted by atomic mass is 16.1. The number of benzene rings is 3. The quantitative estimate of drug-likeness (QED) is 0.225. The number of aromatic nitrogens is 7. The number of tetrazole rings is 1. The maximum Gasteiger partial charge on any atom is 0.277 e. The van der Waals surface area contributed by atoms with Gasteiger partial charge in [-0.3, -0.25) is 4.79 Å². The van der Waals surface area contributed by atoms with Crippen molar-refractivity contribution in [2.45, 2.75) is 39.3 Å². The average molecular weight is 542 g/mol. The van der Waals surface area contributed by atoms with Crippen LogP contribution in [-0.4, -0.2) is 34.7 Å². The second-order valence-corrected chi connectivity index (χ2v) is 10.0. The lowest BCUT2D eigenvalue weighted by Gasteiger charge is -2.12. The van der Waals surface area contributed by atoms with E-state index in [1.807, 2.05) is 72.9 Å². The fraction of sp³-hybridized carbons (Fsp3) is 0.182. The summed E-state index contributed by atoms with van der Waals surface area (Å²) >= 11 is 0. The van der Waals surface area contributed by atoms with Crippen LogP contribution in [0.1, 0.15) is 36.7 Å². The van der Waals surface area contributed by atoms with Crippen LogP contribution >= 0.6 is 0 Å². The van der Waals surface area contributed by atoms with Gasteiger partial charge in [0.2, 0.25) is 5.82 Å². The van der Waals surface area contributed by atoms with E-state index in [1.165, 1.54) is 0 Å². The van der Waals surface area contributed by atoms with Crippen LogP contribution in [0.2, 0.25) is 0 Å². The number of nitrogens with one attached hydrogen (secondary N) is 1. The molecule has 3 aromatic carbocycles. The van der Waals surface area contributed by atoms with Crippen LogP contribution in [0.15, 0.2) is 102 Å². The number of nitrogens with zero attached hydrogens (tertiary/aromatic N) is 6. The molecule has 8 heteroatoms. The van der Waals surface area contributed by atoms with E-state index >= 15 is 0 Å². The van der Waals surface area contributed by atoms with E-state index in [2.05, 4.69) is 62.4 Å². The highest BCUT2D eigenvalue weighted by molar-refractivity contribution is 5.80. The van der Waals surface area contributed by atoms with Gasteiger partial charge in [0.1, 0.15) is 11.3 Å². The van der Waals surface area contributed by atoms with Crippen molar-refractivity contribution >= 4 is 17.1 Å². The van der Waals surface area contributed by atoms with Crippen molar-refractivity contribution in [2.24, 2.45) is 0 Å². The zero-order valence-corrected chi connectivity index (χ0v) is 22.9. The number of imidazole rings is 1. The second kappa shape index (κ2) is 12.0. The molecule has 0 spiro atoms. The van der Waals surface area contributed by atoms with Crippen LogP contribution in [0.25, 0.3) is 39.6 Å². The van der Waals surface area contributed by atoms with Crippen molar-refractivity contribution in [2.75, 3.05) is 0 Å². The summed E-state index contributed by atoms with van der Waals surface area (Å²) in [6.45, 7) is 3.24. The molecule has 0 aliphatic rings. The number of hydrogen-bond acceptors (Lipinski definition) is 5. The van der Waals surface area contributed by atoms with Crippen molar-refractivity contribution in [3.63, 3.8) is 0 Å². The number of fused-ring (bicyclic) bond motifs is 1. The molecule has 0 atom stereocenters. The van der Waals surface area contributed by atoms with Gasteiger partial charge < -0.3 is 9.13 Å². The van der Waals surface area contributed by atoms with E-state index in [1.54, 1.807) is 4.57 Å². The predicted octanol–water partition coefficient (Wildman–Crippen LogP) is 6.15. The fourth-order valence-electron chi connectivity index (χ4n) is 5.11. The second-order valence-electron chi connectivity index (χ2n) is 10.0. The molecule has 0 unspecified atom stereocenters. The van der Waals surface area contributed by atoms with Crippen LogP contribution < -0.4 is 5.56 Å². The molecule has 41 heavy (non-hydrogen) atoms. The first kappa shape index (κ1) is 26.1. The molecule has 3 heterocycles. The van der Waals surface area contributed by atoms with Crippen LogP contribution in [0, 0.1) is 0 Å². The number of rotatable bonds is 10. The van der Waals surface area contributed by atoms with Crippen molar-refractivity contribution in [3.05, 3.63) is 125 Å². The van der Waals surface area contributed by atoms with E-state index in [0.717, 1.165) is 58.4 Å². The van der Waals surface area contributed by atoms with E-state index in [0.29, 0.717) is 24.4 Å². The molecular formula is C33H31N7O. The number of aryl methyl sites for hydroxylation is 1. The Labute approximate surface area is 238 Å². The lowest BCUT2D eigenvalue weighted by atomic mass is 9.98. The molecule has 0 fully saturated rings. The van der Waals surface area contributed by atoms with Crippen LogP contribution in [0.5, 0.6) is 0 Å². The maximum atomic E-state index is 13.7. The van der Waals surface area contributed by atoms with Gasteiger partial charge in [0.25, 0.3) is 5.56 Å². The van der Waals surface area contributed by atoms with Crippen molar-refractivity contribution in [1.29, 1.82) is 0 Å². The number of H-pyrrole nitrogens is 1. The molecule has 6 rings (SSSR count).